The molecule has 0 aliphatic carbocycles. The van der Waals surface area contributed by atoms with Crippen LogP contribution >= 0.6 is 0 Å². The zero-order chi connectivity index (χ0) is 17.5. The molecule has 134 valence electrons. The number of H-pyrrole nitrogens is 1. The molecule has 0 spiro atoms. The number of ether oxygens (including phenoxy) is 1. The lowest BCUT2D eigenvalue weighted by Crippen LogP contribution is -2.29. The standard InChI is InChI=1S/C19H26N4O2/c1-2-3-12-25-15-6-4-14(5-7-15)8-11-21-19(24)18-16-13-20-10-9-17(16)22-23-18/h4-7,20H,2-3,8-13H2,1H3,(H,21,24)(H,22,23). The number of aromatic nitrogens is 2. The van der Waals surface area contributed by atoms with Crippen molar-refractivity contribution in [3.63, 3.8) is 0 Å². The molecule has 2 aromatic rings. The summed E-state index contributed by atoms with van der Waals surface area (Å²) in [6.07, 6.45) is 3.88. The fourth-order valence-corrected chi connectivity index (χ4v) is 2.90. The molecule has 0 unspecified atom stereocenters. The van der Waals surface area contributed by atoms with E-state index in [0.717, 1.165) is 55.8 Å². The van der Waals surface area contributed by atoms with Gasteiger partial charge in [-0.05, 0) is 30.5 Å². The van der Waals surface area contributed by atoms with Crippen LogP contribution in [0.1, 0.15) is 47.1 Å². The molecule has 1 aliphatic heterocycles. The largest absolute Gasteiger partial charge is 0.494 e. The maximum absolute atomic E-state index is 12.3. The summed E-state index contributed by atoms with van der Waals surface area (Å²) >= 11 is 0. The van der Waals surface area contributed by atoms with Gasteiger partial charge in [0.1, 0.15) is 5.75 Å². The van der Waals surface area contributed by atoms with Crippen LogP contribution in [0, 0.1) is 0 Å². The Morgan fingerprint density at radius 1 is 1.32 bits per heavy atom. The second-order valence-electron chi connectivity index (χ2n) is 6.31. The molecule has 0 atom stereocenters. The van der Waals surface area contributed by atoms with E-state index in [2.05, 4.69) is 27.8 Å². The van der Waals surface area contributed by atoms with Gasteiger partial charge < -0.3 is 15.4 Å². The second-order valence-corrected chi connectivity index (χ2v) is 6.31. The van der Waals surface area contributed by atoms with Gasteiger partial charge in [0, 0.05) is 37.3 Å². The Kier molecular flexibility index (Phi) is 6.06. The summed E-state index contributed by atoms with van der Waals surface area (Å²) in [5.41, 5.74) is 3.76. The highest BCUT2D eigenvalue weighted by Gasteiger charge is 2.21. The van der Waals surface area contributed by atoms with Gasteiger partial charge in [-0.25, -0.2) is 0 Å². The van der Waals surface area contributed by atoms with Crippen molar-refractivity contribution in [3.8, 4) is 5.75 Å². The van der Waals surface area contributed by atoms with Gasteiger partial charge in [0.25, 0.3) is 5.91 Å². The molecule has 1 aromatic heterocycles. The van der Waals surface area contributed by atoms with Crippen LogP contribution in [0.3, 0.4) is 0 Å². The molecule has 1 aromatic carbocycles. The Morgan fingerprint density at radius 3 is 2.96 bits per heavy atom. The minimum absolute atomic E-state index is 0.110. The maximum Gasteiger partial charge on any atom is 0.272 e. The van der Waals surface area contributed by atoms with Gasteiger partial charge in [-0.1, -0.05) is 25.5 Å². The van der Waals surface area contributed by atoms with Crippen molar-refractivity contribution in [2.75, 3.05) is 19.7 Å². The Morgan fingerprint density at radius 2 is 2.16 bits per heavy atom. The zero-order valence-electron chi connectivity index (χ0n) is 14.7. The van der Waals surface area contributed by atoms with Crippen molar-refractivity contribution >= 4 is 5.91 Å². The minimum atomic E-state index is -0.110. The van der Waals surface area contributed by atoms with E-state index >= 15 is 0 Å². The van der Waals surface area contributed by atoms with E-state index in [1.165, 1.54) is 5.56 Å². The third-order valence-corrected chi connectivity index (χ3v) is 4.41. The van der Waals surface area contributed by atoms with Crippen LogP contribution in [0.25, 0.3) is 0 Å². The van der Waals surface area contributed by atoms with Crippen LogP contribution in [0.4, 0.5) is 0 Å². The van der Waals surface area contributed by atoms with Crippen LogP contribution in [-0.4, -0.2) is 35.8 Å². The summed E-state index contributed by atoms with van der Waals surface area (Å²) in [5.74, 6) is 0.789. The summed E-state index contributed by atoms with van der Waals surface area (Å²) < 4.78 is 5.66. The highest BCUT2D eigenvalue weighted by atomic mass is 16.5. The molecule has 0 radical (unpaired) electrons. The number of hydrogen-bond donors (Lipinski definition) is 3. The van der Waals surface area contributed by atoms with E-state index in [9.17, 15) is 4.79 Å². The van der Waals surface area contributed by atoms with Gasteiger partial charge in [0.2, 0.25) is 0 Å². The van der Waals surface area contributed by atoms with Crippen molar-refractivity contribution < 1.29 is 9.53 Å². The molecule has 1 aliphatic rings. The first-order valence-electron chi connectivity index (χ1n) is 9.04. The van der Waals surface area contributed by atoms with Gasteiger partial charge in [-0.3, -0.25) is 9.89 Å². The first kappa shape index (κ1) is 17.5. The Bertz CT molecular complexity index is 694. The lowest BCUT2D eigenvalue weighted by Gasteiger charge is -2.12. The van der Waals surface area contributed by atoms with E-state index in [-0.39, 0.29) is 5.91 Å². The zero-order valence-corrected chi connectivity index (χ0v) is 14.7. The summed E-state index contributed by atoms with van der Waals surface area (Å²) in [6, 6.07) is 8.08. The number of nitrogens with zero attached hydrogens (tertiary/aromatic N) is 1. The van der Waals surface area contributed by atoms with Gasteiger partial charge >= 0.3 is 0 Å². The average Bonchev–Trinajstić information content (AvgIpc) is 3.07. The van der Waals surface area contributed by atoms with Gasteiger partial charge in [-0.15, -0.1) is 0 Å². The molecule has 2 heterocycles. The van der Waals surface area contributed by atoms with Crippen LogP contribution in [0.5, 0.6) is 5.75 Å². The smallest absolute Gasteiger partial charge is 0.272 e. The minimum Gasteiger partial charge on any atom is -0.494 e. The summed E-state index contributed by atoms with van der Waals surface area (Å²) in [6.45, 7) is 5.12. The number of unbranched alkanes of at least 4 members (excludes halogenated alkanes) is 1. The van der Waals surface area contributed by atoms with Crippen LogP contribution in [-0.2, 0) is 19.4 Å². The topological polar surface area (TPSA) is 79.0 Å². The fourth-order valence-electron chi connectivity index (χ4n) is 2.90. The number of rotatable bonds is 8. The lowest BCUT2D eigenvalue weighted by molar-refractivity contribution is 0.0948. The monoisotopic (exact) mass is 342 g/mol. The van der Waals surface area contributed by atoms with Crippen molar-refractivity contribution in [1.82, 2.24) is 20.8 Å². The van der Waals surface area contributed by atoms with E-state index in [1.807, 2.05) is 24.3 Å². The lowest BCUT2D eigenvalue weighted by atomic mass is 10.1. The third-order valence-electron chi connectivity index (χ3n) is 4.41. The quantitative estimate of drug-likeness (QED) is 0.643. The maximum atomic E-state index is 12.3. The molecule has 6 nitrogen and oxygen atoms in total. The Labute approximate surface area is 148 Å². The Hall–Kier alpha value is -2.34. The van der Waals surface area contributed by atoms with E-state index in [1.54, 1.807) is 0 Å². The molecule has 0 fully saturated rings. The summed E-state index contributed by atoms with van der Waals surface area (Å²) in [4.78, 5) is 12.3. The number of benzene rings is 1. The SMILES string of the molecule is CCCCOc1ccc(CCNC(=O)c2n[nH]c3c2CNCC3)cc1. The summed E-state index contributed by atoms with van der Waals surface area (Å²) in [5, 5.41) is 13.4. The first-order chi connectivity index (χ1) is 12.3. The van der Waals surface area contributed by atoms with Crippen LogP contribution < -0.4 is 15.4 Å². The number of nitrogens with one attached hydrogen (secondary N) is 3. The van der Waals surface area contributed by atoms with Gasteiger partial charge in [-0.2, -0.15) is 5.10 Å². The molecular weight excluding hydrogens is 316 g/mol. The highest BCUT2D eigenvalue weighted by Crippen LogP contribution is 2.15. The molecule has 3 rings (SSSR count). The normalized spacial score (nSPS) is 13.3. The molecule has 6 heteroatoms. The number of hydrogen-bond acceptors (Lipinski definition) is 4. The van der Waals surface area contributed by atoms with E-state index in [4.69, 9.17) is 4.74 Å². The Balaban J connectivity index is 1.46. The predicted octanol–water partition coefficient (Wildman–Crippen LogP) is 2.21. The molecule has 0 bridgehead atoms. The van der Waals surface area contributed by atoms with E-state index in [0.29, 0.717) is 18.8 Å². The molecule has 25 heavy (non-hydrogen) atoms. The van der Waals surface area contributed by atoms with Crippen LogP contribution in [0.15, 0.2) is 24.3 Å². The first-order valence-corrected chi connectivity index (χ1v) is 9.04. The molecule has 0 saturated heterocycles. The second kappa shape index (κ2) is 8.67. The van der Waals surface area contributed by atoms with Gasteiger partial charge in [0.15, 0.2) is 5.69 Å². The third kappa shape index (κ3) is 4.60. The highest BCUT2D eigenvalue weighted by molar-refractivity contribution is 5.94. The van der Waals surface area contributed by atoms with Gasteiger partial charge in [0.05, 0.1) is 6.61 Å². The fraction of sp³-hybridized carbons (Fsp3) is 0.474. The van der Waals surface area contributed by atoms with Crippen molar-refractivity contribution in [2.24, 2.45) is 0 Å². The molecule has 3 N–H and O–H groups in total. The van der Waals surface area contributed by atoms with Crippen molar-refractivity contribution in [1.29, 1.82) is 0 Å². The number of amides is 1. The van der Waals surface area contributed by atoms with Crippen molar-refractivity contribution in [2.45, 2.75) is 39.2 Å². The predicted molar refractivity (Wildman–Crippen MR) is 96.9 cm³/mol. The van der Waals surface area contributed by atoms with Crippen LogP contribution in [0.2, 0.25) is 0 Å². The number of carbonyl (C=O) groups excluding carboxylic acids is 1. The number of aromatic amines is 1. The van der Waals surface area contributed by atoms with Crippen molar-refractivity contribution in [3.05, 3.63) is 46.8 Å². The van der Waals surface area contributed by atoms with E-state index < -0.39 is 0 Å². The number of fused-ring (bicyclic) bond motifs is 1. The molecular formula is C19H26N4O2. The number of carbonyl (C=O) groups is 1. The average molecular weight is 342 g/mol. The summed E-state index contributed by atoms with van der Waals surface area (Å²) in [7, 11) is 0. The molecule has 0 saturated carbocycles. The molecule has 1 amide bonds.